The van der Waals surface area contributed by atoms with Crippen LogP contribution in [0.1, 0.15) is 12.8 Å². The van der Waals surface area contributed by atoms with Crippen LogP contribution in [0.5, 0.6) is 11.6 Å². The first-order valence-corrected chi connectivity index (χ1v) is 9.09. The Morgan fingerprint density at radius 1 is 1.25 bits per heavy atom. The minimum absolute atomic E-state index is 0.0207. The van der Waals surface area contributed by atoms with Crippen LogP contribution in [0.3, 0.4) is 0 Å². The molecule has 1 aliphatic heterocycles. The summed E-state index contributed by atoms with van der Waals surface area (Å²) in [6.07, 6.45) is 5.21. The number of aromatic nitrogens is 2. The molecular formula is C20H21N3O5. The number of non-ortho nitro benzene ring substituents is 1. The third-order valence-electron chi connectivity index (χ3n) is 4.98. The van der Waals surface area contributed by atoms with Gasteiger partial charge in [0, 0.05) is 60.9 Å². The highest BCUT2D eigenvalue weighted by molar-refractivity contribution is 5.99. The van der Waals surface area contributed by atoms with Crippen molar-refractivity contribution in [1.29, 1.82) is 0 Å². The molecule has 1 fully saturated rings. The number of nitro groups is 1. The van der Waals surface area contributed by atoms with E-state index in [1.165, 1.54) is 6.07 Å². The van der Waals surface area contributed by atoms with E-state index in [2.05, 4.69) is 4.98 Å². The maximum atomic E-state index is 11.4. The first-order chi connectivity index (χ1) is 13.6. The quantitative estimate of drug-likeness (QED) is 0.493. The van der Waals surface area contributed by atoms with Crippen LogP contribution >= 0.6 is 0 Å². The highest BCUT2D eigenvalue weighted by Gasteiger charge is 2.22. The monoisotopic (exact) mass is 383 g/mol. The van der Waals surface area contributed by atoms with Gasteiger partial charge in [-0.3, -0.25) is 10.1 Å². The third kappa shape index (κ3) is 3.27. The number of aryl methyl sites for hydroxylation is 1. The minimum atomic E-state index is -0.394. The van der Waals surface area contributed by atoms with Gasteiger partial charge in [0.1, 0.15) is 17.4 Å². The van der Waals surface area contributed by atoms with Crippen molar-refractivity contribution in [2.24, 2.45) is 7.05 Å². The van der Waals surface area contributed by atoms with Gasteiger partial charge >= 0.3 is 0 Å². The molecule has 1 saturated heterocycles. The lowest BCUT2D eigenvalue weighted by Gasteiger charge is -2.24. The van der Waals surface area contributed by atoms with Gasteiger partial charge in [-0.2, -0.15) is 0 Å². The number of fused-ring (bicyclic) bond motifs is 1. The molecule has 2 aromatic heterocycles. The molecule has 0 bridgehead atoms. The molecule has 28 heavy (non-hydrogen) atoms. The molecule has 1 aromatic carbocycles. The molecule has 0 unspecified atom stereocenters. The van der Waals surface area contributed by atoms with Gasteiger partial charge in [0.15, 0.2) is 0 Å². The van der Waals surface area contributed by atoms with Crippen LogP contribution in [-0.4, -0.2) is 40.9 Å². The maximum absolute atomic E-state index is 11.4. The average Bonchev–Trinajstić information content (AvgIpc) is 3.05. The van der Waals surface area contributed by atoms with Crippen molar-refractivity contribution in [2.45, 2.75) is 18.9 Å². The van der Waals surface area contributed by atoms with Gasteiger partial charge in [-0.1, -0.05) is 0 Å². The number of rotatable bonds is 5. The number of ether oxygens (including phenoxy) is 3. The fraction of sp³-hybridized carbons (Fsp3) is 0.350. The summed E-state index contributed by atoms with van der Waals surface area (Å²) in [6, 6.07) is 6.60. The van der Waals surface area contributed by atoms with Crippen molar-refractivity contribution < 1.29 is 19.1 Å². The zero-order valence-electron chi connectivity index (χ0n) is 15.8. The number of methoxy groups -OCH3 is 1. The normalized spacial score (nSPS) is 14.9. The van der Waals surface area contributed by atoms with Crippen LogP contribution in [0.2, 0.25) is 0 Å². The van der Waals surface area contributed by atoms with E-state index in [-0.39, 0.29) is 11.8 Å². The lowest BCUT2D eigenvalue weighted by atomic mass is 10.0. The highest BCUT2D eigenvalue weighted by atomic mass is 16.6. The molecular weight excluding hydrogens is 362 g/mol. The third-order valence-corrected chi connectivity index (χ3v) is 4.98. The fourth-order valence-electron chi connectivity index (χ4n) is 3.60. The van der Waals surface area contributed by atoms with E-state index in [1.807, 2.05) is 23.9 Å². The van der Waals surface area contributed by atoms with E-state index in [1.54, 1.807) is 25.4 Å². The van der Waals surface area contributed by atoms with Crippen molar-refractivity contribution in [3.05, 3.63) is 46.8 Å². The second-order valence-corrected chi connectivity index (χ2v) is 6.74. The number of pyridine rings is 1. The maximum Gasteiger partial charge on any atom is 0.270 e. The van der Waals surface area contributed by atoms with Gasteiger partial charge in [0.25, 0.3) is 5.69 Å². The molecule has 8 heteroatoms. The first kappa shape index (κ1) is 18.2. The molecule has 0 atom stereocenters. The predicted molar refractivity (Wildman–Crippen MR) is 104 cm³/mol. The molecule has 0 spiro atoms. The summed E-state index contributed by atoms with van der Waals surface area (Å²) < 4.78 is 18.9. The van der Waals surface area contributed by atoms with Gasteiger partial charge in [-0.15, -0.1) is 0 Å². The van der Waals surface area contributed by atoms with Crippen LogP contribution in [0.4, 0.5) is 5.69 Å². The fourth-order valence-corrected chi connectivity index (χ4v) is 3.60. The van der Waals surface area contributed by atoms with Crippen LogP contribution in [-0.2, 0) is 11.8 Å². The van der Waals surface area contributed by atoms with E-state index in [0.717, 1.165) is 29.3 Å². The Morgan fingerprint density at radius 2 is 2.04 bits per heavy atom. The minimum Gasteiger partial charge on any atom is -0.490 e. The summed E-state index contributed by atoms with van der Waals surface area (Å²) >= 11 is 0. The van der Waals surface area contributed by atoms with Crippen LogP contribution < -0.4 is 9.47 Å². The molecule has 0 aliphatic carbocycles. The zero-order chi connectivity index (χ0) is 19.7. The molecule has 146 valence electrons. The predicted octanol–water partition coefficient (Wildman–Crippen LogP) is 3.71. The first-order valence-electron chi connectivity index (χ1n) is 9.09. The Bertz CT molecular complexity index is 1020. The smallest absolute Gasteiger partial charge is 0.270 e. The molecule has 4 rings (SSSR count). The standard InChI is InChI=1S/C20H21N3O5/c1-22-12-17(15-5-8-21-20(26-2)19(15)22)16-11-13(23(24)25)3-4-18(16)28-14-6-9-27-10-7-14/h3-5,8,11-12,14H,6-7,9-10H2,1-2H3. The van der Waals surface area contributed by atoms with E-state index >= 15 is 0 Å². The number of nitro benzene ring substituents is 1. The van der Waals surface area contributed by atoms with E-state index in [9.17, 15) is 10.1 Å². The van der Waals surface area contributed by atoms with Crippen molar-refractivity contribution in [1.82, 2.24) is 9.55 Å². The molecule has 8 nitrogen and oxygen atoms in total. The summed E-state index contributed by atoms with van der Waals surface area (Å²) in [5.74, 6) is 1.13. The molecule has 0 radical (unpaired) electrons. The molecule has 0 N–H and O–H groups in total. The zero-order valence-corrected chi connectivity index (χ0v) is 15.8. The summed E-state index contributed by atoms with van der Waals surface area (Å²) in [6.45, 7) is 1.31. The SMILES string of the molecule is COc1nccc2c(-c3cc([N+](=O)[O-])ccc3OC3CCOCC3)cn(C)c12. The largest absolute Gasteiger partial charge is 0.490 e. The second kappa shape index (κ2) is 7.47. The van der Waals surface area contributed by atoms with Gasteiger partial charge in [0.2, 0.25) is 5.88 Å². The molecule has 0 amide bonds. The number of hydrogen-bond donors (Lipinski definition) is 0. The van der Waals surface area contributed by atoms with Crippen molar-refractivity contribution in [3.63, 3.8) is 0 Å². The number of hydrogen-bond acceptors (Lipinski definition) is 6. The Hall–Kier alpha value is -3.13. The summed E-state index contributed by atoms with van der Waals surface area (Å²) in [4.78, 5) is 15.2. The Balaban J connectivity index is 1.86. The van der Waals surface area contributed by atoms with Crippen LogP contribution in [0, 0.1) is 10.1 Å². The number of benzene rings is 1. The molecule has 3 aromatic rings. The van der Waals surface area contributed by atoms with Crippen LogP contribution in [0.15, 0.2) is 36.7 Å². The molecule has 3 heterocycles. The van der Waals surface area contributed by atoms with Gasteiger partial charge in [0.05, 0.1) is 25.2 Å². The van der Waals surface area contributed by atoms with E-state index < -0.39 is 4.92 Å². The Kier molecular flexibility index (Phi) is 4.87. The molecule has 0 saturated carbocycles. The summed E-state index contributed by atoms with van der Waals surface area (Å²) in [5, 5.41) is 12.3. The van der Waals surface area contributed by atoms with Crippen LogP contribution in [0.25, 0.3) is 22.0 Å². The average molecular weight is 383 g/mol. The Morgan fingerprint density at radius 3 is 2.75 bits per heavy atom. The molecule has 1 aliphatic rings. The van der Waals surface area contributed by atoms with Gasteiger partial charge in [-0.05, 0) is 12.1 Å². The lowest BCUT2D eigenvalue weighted by molar-refractivity contribution is -0.384. The number of nitrogens with zero attached hydrogens (tertiary/aromatic N) is 3. The second-order valence-electron chi connectivity index (χ2n) is 6.74. The topological polar surface area (TPSA) is 88.7 Å². The van der Waals surface area contributed by atoms with E-state index in [4.69, 9.17) is 14.2 Å². The Labute approximate surface area is 161 Å². The summed E-state index contributed by atoms with van der Waals surface area (Å²) in [5.41, 5.74) is 2.36. The van der Waals surface area contributed by atoms with E-state index in [0.29, 0.717) is 30.4 Å². The van der Waals surface area contributed by atoms with Gasteiger partial charge < -0.3 is 18.8 Å². The summed E-state index contributed by atoms with van der Waals surface area (Å²) in [7, 11) is 3.47. The van der Waals surface area contributed by atoms with Crippen molar-refractivity contribution in [3.8, 4) is 22.8 Å². The highest BCUT2D eigenvalue weighted by Crippen LogP contribution is 2.40. The lowest BCUT2D eigenvalue weighted by Crippen LogP contribution is -2.26. The van der Waals surface area contributed by atoms with Gasteiger partial charge in [-0.25, -0.2) is 4.98 Å². The van der Waals surface area contributed by atoms with Crippen molar-refractivity contribution in [2.75, 3.05) is 20.3 Å². The van der Waals surface area contributed by atoms with Crippen molar-refractivity contribution >= 4 is 16.6 Å².